The predicted molar refractivity (Wildman–Crippen MR) is 115 cm³/mol. The van der Waals surface area contributed by atoms with E-state index in [0.29, 0.717) is 23.7 Å². The first-order valence-electron chi connectivity index (χ1n) is 10.3. The van der Waals surface area contributed by atoms with Gasteiger partial charge in [-0.05, 0) is 57.1 Å². The smallest absolute Gasteiger partial charge is 0.158 e. The van der Waals surface area contributed by atoms with E-state index in [9.17, 15) is 0 Å². The molecule has 30 heavy (non-hydrogen) atoms. The molecule has 152 valence electrons. The summed E-state index contributed by atoms with van der Waals surface area (Å²) in [6, 6.07) is 11.9. The van der Waals surface area contributed by atoms with E-state index in [2.05, 4.69) is 61.3 Å². The quantitative estimate of drug-likeness (QED) is 0.705. The molecule has 8 heteroatoms. The summed E-state index contributed by atoms with van der Waals surface area (Å²) < 4.78 is 1.97. The van der Waals surface area contributed by atoms with Crippen LogP contribution in [0.5, 0.6) is 0 Å². The fourth-order valence-corrected chi connectivity index (χ4v) is 4.26. The highest BCUT2D eigenvalue weighted by Crippen LogP contribution is 2.30. The van der Waals surface area contributed by atoms with Gasteiger partial charge in [-0.25, -0.2) is 15.0 Å². The maximum absolute atomic E-state index is 8.81. The van der Waals surface area contributed by atoms with Gasteiger partial charge in [0.15, 0.2) is 5.69 Å². The molecule has 0 saturated carbocycles. The molecule has 2 aliphatic heterocycles. The highest BCUT2D eigenvalue weighted by molar-refractivity contribution is 5.55. The summed E-state index contributed by atoms with van der Waals surface area (Å²) in [7, 11) is 0. The van der Waals surface area contributed by atoms with Crippen molar-refractivity contribution in [2.24, 2.45) is 0 Å². The molecule has 0 aliphatic carbocycles. The van der Waals surface area contributed by atoms with Crippen molar-refractivity contribution < 1.29 is 0 Å². The highest BCUT2D eigenvalue weighted by Gasteiger charge is 2.34. The number of nitrogens with one attached hydrogen (secondary N) is 1. The van der Waals surface area contributed by atoms with Crippen LogP contribution in [0.1, 0.15) is 25.5 Å². The van der Waals surface area contributed by atoms with Crippen molar-refractivity contribution in [3.63, 3.8) is 0 Å². The first kappa shape index (κ1) is 18.6. The molecule has 0 unspecified atom stereocenters. The summed E-state index contributed by atoms with van der Waals surface area (Å²) in [5.41, 5.74) is 2.62. The summed E-state index contributed by atoms with van der Waals surface area (Å²) in [6.07, 6.45) is 9.23. The number of anilines is 3. The fraction of sp³-hybridized carbons (Fsp3) is 0.364. The molecule has 2 aromatic heterocycles. The van der Waals surface area contributed by atoms with Gasteiger partial charge in [-0.2, -0.15) is 5.26 Å². The Balaban J connectivity index is 1.26. The lowest BCUT2D eigenvalue weighted by molar-refractivity contribution is 0.128. The Morgan fingerprint density at radius 3 is 2.50 bits per heavy atom. The topological polar surface area (TPSA) is 85.9 Å². The standard InChI is InChI=1S/C22H24N8/c1-16-9-20(28-7-2-8-28)13-30(16)19-5-3-18(4-6-19)29-14-22(26-15-29)27-21-12-24-17(10-23)11-25-21/h3-6,11-12,14-16,20H,2,7-9,13H2,1H3,(H,25,27)/t16-,20-/m1/s1. The van der Waals surface area contributed by atoms with E-state index >= 15 is 0 Å². The molecule has 2 atom stereocenters. The van der Waals surface area contributed by atoms with Crippen molar-refractivity contribution in [3.8, 4) is 11.8 Å². The maximum atomic E-state index is 8.81. The zero-order valence-corrected chi connectivity index (χ0v) is 16.9. The minimum absolute atomic E-state index is 0.287. The number of benzene rings is 1. The predicted octanol–water partition coefficient (Wildman–Crippen LogP) is 2.95. The van der Waals surface area contributed by atoms with Crippen molar-refractivity contribution in [1.29, 1.82) is 5.26 Å². The van der Waals surface area contributed by atoms with Gasteiger partial charge in [0, 0.05) is 30.0 Å². The average molecular weight is 400 g/mol. The van der Waals surface area contributed by atoms with Crippen LogP contribution in [0.15, 0.2) is 49.2 Å². The van der Waals surface area contributed by atoms with E-state index in [4.69, 9.17) is 5.26 Å². The Morgan fingerprint density at radius 1 is 1.03 bits per heavy atom. The van der Waals surface area contributed by atoms with Gasteiger partial charge in [0.1, 0.15) is 24.0 Å². The molecule has 8 nitrogen and oxygen atoms in total. The summed E-state index contributed by atoms with van der Waals surface area (Å²) in [5.74, 6) is 1.22. The van der Waals surface area contributed by atoms with Gasteiger partial charge >= 0.3 is 0 Å². The minimum atomic E-state index is 0.287. The van der Waals surface area contributed by atoms with Gasteiger partial charge in [-0.15, -0.1) is 0 Å². The zero-order chi connectivity index (χ0) is 20.5. The van der Waals surface area contributed by atoms with Crippen molar-refractivity contribution >= 4 is 17.3 Å². The second kappa shape index (κ2) is 7.76. The molecule has 2 fully saturated rings. The van der Waals surface area contributed by atoms with Crippen LogP contribution in [0.4, 0.5) is 17.3 Å². The lowest BCUT2D eigenvalue weighted by atomic mass is 10.1. The van der Waals surface area contributed by atoms with E-state index in [1.165, 1.54) is 44.0 Å². The molecule has 3 aromatic rings. The molecule has 1 aromatic carbocycles. The Morgan fingerprint density at radius 2 is 1.83 bits per heavy atom. The fourth-order valence-electron chi connectivity index (χ4n) is 4.26. The molecule has 2 saturated heterocycles. The van der Waals surface area contributed by atoms with Gasteiger partial charge in [0.2, 0.25) is 0 Å². The number of nitriles is 1. The Bertz CT molecular complexity index is 1050. The van der Waals surface area contributed by atoms with Crippen molar-refractivity contribution in [1.82, 2.24) is 24.4 Å². The molecule has 1 N–H and O–H groups in total. The van der Waals surface area contributed by atoms with E-state index < -0.39 is 0 Å². The van der Waals surface area contributed by atoms with Gasteiger partial charge in [-0.3, -0.25) is 4.90 Å². The SMILES string of the molecule is C[C@@H]1C[C@@H](N2CCC2)CN1c1ccc(-n2cnc(Nc3cnc(C#N)cn3)c2)cc1. The van der Waals surface area contributed by atoms with Crippen LogP contribution >= 0.6 is 0 Å². The van der Waals surface area contributed by atoms with Crippen LogP contribution < -0.4 is 10.2 Å². The Labute approximate surface area is 175 Å². The van der Waals surface area contributed by atoms with E-state index in [-0.39, 0.29) is 5.69 Å². The molecule has 4 heterocycles. The van der Waals surface area contributed by atoms with Crippen LogP contribution in [0.3, 0.4) is 0 Å². The van der Waals surface area contributed by atoms with Crippen LogP contribution in [-0.2, 0) is 0 Å². The van der Waals surface area contributed by atoms with Crippen LogP contribution in [0.25, 0.3) is 5.69 Å². The van der Waals surface area contributed by atoms with Gasteiger partial charge in [0.25, 0.3) is 0 Å². The number of rotatable bonds is 5. The second-order valence-electron chi connectivity index (χ2n) is 7.99. The molecular formula is C22H24N8. The number of hydrogen-bond donors (Lipinski definition) is 1. The van der Waals surface area contributed by atoms with Crippen molar-refractivity contribution in [3.05, 3.63) is 54.9 Å². The van der Waals surface area contributed by atoms with Crippen molar-refractivity contribution in [2.75, 3.05) is 29.9 Å². The molecule has 0 spiro atoms. The summed E-state index contributed by atoms with van der Waals surface area (Å²) >= 11 is 0. The number of aromatic nitrogens is 4. The summed E-state index contributed by atoms with van der Waals surface area (Å²) in [5, 5.41) is 11.9. The zero-order valence-electron chi connectivity index (χ0n) is 16.9. The largest absolute Gasteiger partial charge is 0.367 e. The molecule has 0 bridgehead atoms. The van der Waals surface area contributed by atoms with E-state index in [0.717, 1.165) is 12.2 Å². The average Bonchev–Trinajstić information content (AvgIpc) is 3.34. The highest BCUT2D eigenvalue weighted by atomic mass is 15.3. The molecule has 2 aliphatic rings. The first-order valence-corrected chi connectivity index (χ1v) is 10.3. The number of nitrogens with zero attached hydrogens (tertiary/aromatic N) is 7. The normalized spacial score (nSPS) is 21.3. The molecular weight excluding hydrogens is 376 g/mol. The van der Waals surface area contributed by atoms with Crippen LogP contribution in [-0.4, -0.2) is 56.1 Å². The molecule has 5 rings (SSSR count). The summed E-state index contributed by atoms with van der Waals surface area (Å²) in [6.45, 7) is 5.96. The third kappa shape index (κ3) is 3.60. The lowest BCUT2D eigenvalue weighted by Crippen LogP contribution is -2.46. The second-order valence-corrected chi connectivity index (χ2v) is 7.99. The number of imidazole rings is 1. The van der Waals surface area contributed by atoms with E-state index in [1.54, 1.807) is 6.33 Å². The minimum Gasteiger partial charge on any atom is -0.367 e. The summed E-state index contributed by atoms with van der Waals surface area (Å²) in [4.78, 5) is 17.7. The number of hydrogen-bond acceptors (Lipinski definition) is 7. The van der Waals surface area contributed by atoms with E-state index in [1.807, 2.05) is 16.8 Å². The van der Waals surface area contributed by atoms with Gasteiger partial charge < -0.3 is 14.8 Å². The monoisotopic (exact) mass is 400 g/mol. The van der Waals surface area contributed by atoms with Gasteiger partial charge in [-0.1, -0.05) is 0 Å². The molecule has 0 amide bonds. The Kier molecular flexibility index (Phi) is 4.81. The van der Waals surface area contributed by atoms with Crippen LogP contribution in [0, 0.1) is 11.3 Å². The van der Waals surface area contributed by atoms with Gasteiger partial charge in [0.05, 0.1) is 18.6 Å². The third-order valence-corrected chi connectivity index (χ3v) is 6.04. The first-order chi connectivity index (χ1) is 14.7. The Hall–Kier alpha value is -3.44. The number of likely N-dealkylation sites (tertiary alicyclic amines) is 1. The lowest BCUT2D eigenvalue weighted by Gasteiger charge is -2.36. The van der Waals surface area contributed by atoms with Crippen LogP contribution in [0.2, 0.25) is 0 Å². The maximum Gasteiger partial charge on any atom is 0.158 e. The third-order valence-electron chi connectivity index (χ3n) is 6.04. The van der Waals surface area contributed by atoms with Crippen molar-refractivity contribution in [2.45, 2.75) is 31.8 Å². The molecule has 0 radical (unpaired) electrons.